The molecule has 0 bridgehead atoms. The molecule has 2 heterocycles. The second-order valence-electron chi connectivity index (χ2n) is 9.03. The Morgan fingerprint density at radius 2 is 1.26 bits per heavy atom. The van der Waals surface area contributed by atoms with Crippen LogP contribution in [-0.4, -0.2) is 29.1 Å². The van der Waals surface area contributed by atoms with Gasteiger partial charge in [-0.15, -0.1) is 5.69 Å². The van der Waals surface area contributed by atoms with E-state index < -0.39 is 25.5 Å². The Kier molecular flexibility index (Phi) is 13.5. The number of ketones is 1. The SMILES string of the molecule is O=C(c1cc[c-]cc1)c1ccccc1.O=[N+]([O-])c1ccccc1S(=O)(=O)[N-]c1ccccc1-c1ccccn1.[Ni+2].c1ccncc1. The van der Waals surface area contributed by atoms with E-state index in [9.17, 15) is 23.3 Å². The molecule has 0 radical (unpaired) electrons. The van der Waals surface area contributed by atoms with Gasteiger partial charge in [-0.3, -0.25) is 24.9 Å². The molecule has 0 fully saturated rings. The molecular weight excluding hydrogens is 647 g/mol. The number of hydrogen-bond donors (Lipinski definition) is 0. The monoisotopic (exact) mass is 672 g/mol. The van der Waals surface area contributed by atoms with Crippen LogP contribution in [0.4, 0.5) is 11.4 Å². The molecule has 11 heteroatoms. The summed E-state index contributed by atoms with van der Waals surface area (Å²) in [6.07, 6.45) is 5.09. The van der Waals surface area contributed by atoms with E-state index in [0.29, 0.717) is 16.8 Å². The summed E-state index contributed by atoms with van der Waals surface area (Å²) in [5.41, 5.74) is 2.15. The molecule has 0 aliphatic heterocycles. The van der Waals surface area contributed by atoms with Crippen molar-refractivity contribution in [3.63, 3.8) is 0 Å². The number of carbonyl (C=O) groups excluding carboxylic acids is 1. The third kappa shape index (κ3) is 10.0. The smallest absolute Gasteiger partial charge is 0.572 e. The van der Waals surface area contributed by atoms with Crippen LogP contribution in [-0.2, 0) is 26.5 Å². The summed E-state index contributed by atoms with van der Waals surface area (Å²) >= 11 is 0. The summed E-state index contributed by atoms with van der Waals surface area (Å²) in [5, 5.41) is 11.1. The first-order valence-corrected chi connectivity index (χ1v) is 14.9. The summed E-state index contributed by atoms with van der Waals surface area (Å²) in [4.78, 5) is 29.7. The largest absolute Gasteiger partial charge is 2.00 e. The van der Waals surface area contributed by atoms with Gasteiger partial charge in [0.15, 0.2) is 5.78 Å². The van der Waals surface area contributed by atoms with Crippen molar-refractivity contribution in [3.05, 3.63) is 190 Å². The van der Waals surface area contributed by atoms with Gasteiger partial charge in [0.05, 0.1) is 10.6 Å². The van der Waals surface area contributed by atoms with E-state index in [1.54, 1.807) is 79.3 Å². The first-order chi connectivity index (χ1) is 21.9. The summed E-state index contributed by atoms with van der Waals surface area (Å²) < 4.78 is 29.0. The second-order valence-corrected chi connectivity index (χ2v) is 10.6. The van der Waals surface area contributed by atoms with Crippen LogP contribution in [0.15, 0.2) is 163 Å². The van der Waals surface area contributed by atoms with E-state index in [-0.39, 0.29) is 28.0 Å². The number of carbonyl (C=O) groups is 1. The Labute approximate surface area is 277 Å². The zero-order valence-corrected chi connectivity index (χ0v) is 25.9. The van der Waals surface area contributed by atoms with Crippen molar-refractivity contribution in [1.82, 2.24) is 9.97 Å². The zero-order chi connectivity index (χ0) is 31.9. The standard InChI is InChI=1S/C17H12N3O4S.C13H9O.C5H5N.Ni/c21-20(22)16-10-3-4-11-17(16)25(23,24)19-15-9-2-1-7-13(15)14-8-5-6-12-18-14;14-13(11-7-3-1-4-8-11)12-9-5-2-6-10-12;1-2-4-6-5-3-1;/h1-12H;1,3-10H;1-5H;/q2*-1;;+2. The average molecular weight is 673 g/mol. The molecule has 0 aliphatic rings. The Hall–Kier alpha value is -5.51. The molecule has 0 N–H and O–H groups in total. The maximum absolute atomic E-state index is 12.6. The van der Waals surface area contributed by atoms with Gasteiger partial charge >= 0.3 is 16.5 Å². The second kappa shape index (κ2) is 17.7. The van der Waals surface area contributed by atoms with Crippen LogP contribution in [0, 0.1) is 16.2 Å². The maximum atomic E-state index is 12.6. The van der Waals surface area contributed by atoms with Gasteiger partial charge in [0.25, 0.3) is 5.69 Å². The summed E-state index contributed by atoms with van der Waals surface area (Å²) in [7, 11) is -4.26. The number of hydrogen-bond acceptors (Lipinski definition) is 7. The van der Waals surface area contributed by atoms with Gasteiger partial charge in [0.2, 0.25) is 0 Å². The van der Waals surface area contributed by atoms with E-state index in [4.69, 9.17) is 0 Å². The van der Waals surface area contributed by atoms with Crippen LogP contribution in [0.1, 0.15) is 15.9 Å². The third-order valence-electron chi connectivity index (χ3n) is 5.99. The Balaban J connectivity index is 0.000000229. The van der Waals surface area contributed by atoms with Crippen molar-refractivity contribution in [1.29, 1.82) is 0 Å². The van der Waals surface area contributed by atoms with E-state index in [1.165, 1.54) is 24.3 Å². The molecule has 0 saturated heterocycles. The van der Waals surface area contributed by atoms with Crippen molar-refractivity contribution in [2.45, 2.75) is 4.90 Å². The summed E-state index contributed by atoms with van der Waals surface area (Å²) in [5.74, 6) is 0.0552. The number of para-hydroxylation sites is 1. The first-order valence-electron chi connectivity index (χ1n) is 13.5. The third-order valence-corrected chi connectivity index (χ3v) is 7.32. The molecule has 6 rings (SSSR count). The van der Waals surface area contributed by atoms with Crippen molar-refractivity contribution < 1.29 is 34.6 Å². The minimum Gasteiger partial charge on any atom is -0.572 e. The molecule has 46 heavy (non-hydrogen) atoms. The van der Waals surface area contributed by atoms with Crippen molar-refractivity contribution in [3.8, 4) is 11.3 Å². The molecular formula is C35H26N4NiO5S. The topological polar surface area (TPSA) is 134 Å². The van der Waals surface area contributed by atoms with Gasteiger partial charge in [0.1, 0.15) is 14.9 Å². The quantitative estimate of drug-likeness (QED) is 0.0554. The molecule has 2 aromatic heterocycles. The molecule has 0 spiro atoms. The summed E-state index contributed by atoms with van der Waals surface area (Å²) in [6, 6.07) is 41.9. The van der Waals surface area contributed by atoms with Crippen LogP contribution in [0.2, 0.25) is 0 Å². The molecule has 0 saturated carbocycles. The predicted molar refractivity (Wildman–Crippen MR) is 172 cm³/mol. The number of nitrogens with zero attached hydrogens (tertiary/aromatic N) is 4. The number of aromatic nitrogens is 2. The fourth-order valence-electron chi connectivity index (χ4n) is 3.90. The maximum Gasteiger partial charge on any atom is 2.00 e. The molecule has 0 amide bonds. The number of rotatable bonds is 7. The molecule has 232 valence electrons. The van der Waals surface area contributed by atoms with E-state index in [0.717, 1.165) is 11.6 Å². The molecule has 0 unspecified atom stereocenters. The number of nitro benzene ring substituents is 1. The minimum absolute atomic E-state index is 0. The van der Waals surface area contributed by atoms with E-state index in [1.807, 2.05) is 48.5 Å². The molecule has 9 nitrogen and oxygen atoms in total. The van der Waals surface area contributed by atoms with Crippen LogP contribution >= 0.6 is 0 Å². The van der Waals surface area contributed by atoms with Crippen molar-refractivity contribution >= 4 is 27.2 Å². The average Bonchev–Trinajstić information content (AvgIpc) is 3.10. The molecule has 0 atom stereocenters. The Bertz CT molecular complexity index is 1860. The number of sulfonamides is 1. The van der Waals surface area contributed by atoms with E-state index >= 15 is 0 Å². The van der Waals surface area contributed by atoms with Crippen molar-refractivity contribution in [2.24, 2.45) is 0 Å². The van der Waals surface area contributed by atoms with Gasteiger partial charge in [-0.2, -0.15) is 30.3 Å². The zero-order valence-electron chi connectivity index (χ0n) is 24.1. The fraction of sp³-hybridized carbons (Fsp3) is 0. The molecule has 6 aromatic rings. The molecule has 4 aromatic carbocycles. The van der Waals surface area contributed by atoms with Crippen LogP contribution in [0.5, 0.6) is 0 Å². The van der Waals surface area contributed by atoms with Crippen LogP contribution in [0.3, 0.4) is 0 Å². The fourth-order valence-corrected chi connectivity index (χ4v) is 5.08. The number of nitro groups is 1. The Morgan fingerprint density at radius 1 is 0.696 bits per heavy atom. The van der Waals surface area contributed by atoms with Gasteiger partial charge in [0, 0.05) is 30.2 Å². The van der Waals surface area contributed by atoms with Gasteiger partial charge in [-0.1, -0.05) is 84.4 Å². The van der Waals surface area contributed by atoms with Crippen LogP contribution < -0.4 is 0 Å². The van der Waals surface area contributed by atoms with Crippen molar-refractivity contribution in [2.75, 3.05) is 0 Å². The first kappa shape index (κ1) is 35.0. The van der Waals surface area contributed by atoms with E-state index in [2.05, 4.69) is 20.8 Å². The molecule has 0 aliphatic carbocycles. The number of benzene rings is 4. The summed E-state index contributed by atoms with van der Waals surface area (Å²) in [6.45, 7) is 0. The Morgan fingerprint density at radius 3 is 1.87 bits per heavy atom. The minimum atomic E-state index is -4.26. The van der Waals surface area contributed by atoms with Gasteiger partial charge in [-0.05, 0) is 35.9 Å². The predicted octanol–water partition coefficient (Wildman–Crippen LogP) is 7.85. The normalized spacial score (nSPS) is 10.0. The van der Waals surface area contributed by atoms with Crippen LogP contribution in [0.25, 0.3) is 16.0 Å². The van der Waals surface area contributed by atoms with Gasteiger partial charge in [-0.25, -0.2) is 8.42 Å². The van der Waals surface area contributed by atoms with Gasteiger partial charge < -0.3 is 4.72 Å². The number of pyridine rings is 2.